The fourth-order valence-corrected chi connectivity index (χ4v) is 1.78. The topological polar surface area (TPSA) is 54.2 Å². The molecule has 2 aromatic heterocycles. The molecule has 1 N–H and O–H groups in total. The maximum absolute atomic E-state index is 5.32. The van der Waals surface area contributed by atoms with Gasteiger partial charge < -0.3 is 14.6 Å². The van der Waals surface area contributed by atoms with Gasteiger partial charge in [0, 0.05) is 32.8 Å². The number of anilines is 2. The van der Waals surface area contributed by atoms with Gasteiger partial charge in [-0.1, -0.05) is 0 Å². The Kier molecular flexibility index (Phi) is 4.39. The lowest BCUT2D eigenvalue weighted by atomic mass is 10.1. The van der Waals surface area contributed by atoms with Gasteiger partial charge in [0.25, 0.3) is 0 Å². The van der Waals surface area contributed by atoms with Crippen molar-refractivity contribution in [2.45, 2.75) is 25.8 Å². The maximum atomic E-state index is 5.32. The lowest BCUT2D eigenvalue weighted by Gasteiger charge is -2.16. The molecular formula is C14H20N4O. The molecule has 0 aromatic carbocycles. The van der Waals surface area contributed by atoms with Gasteiger partial charge in [0.15, 0.2) is 0 Å². The van der Waals surface area contributed by atoms with Crippen LogP contribution in [0.25, 0.3) is 0 Å². The highest BCUT2D eigenvalue weighted by atomic mass is 16.3. The SMILES string of the molecule is CC(CCc1ccco1)Nc1ccnc(N(C)C)n1. The third-order valence-corrected chi connectivity index (χ3v) is 2.84. The predicted molar refractivity (Wildman–Crippen MR) is 76.5 cm³/mol. The van der Waals surface area contributed by atoms with Crippen molar-refractivity contribution in [3.05, 3.63) is 36.4 Å². The average molecular weight is 260 g/mol. The van der Waals surface area contributed by atoms with Crippen LogP contribution in [0.15, 0.2) is 35.1 Å². The Morgan fingerprint density at radius 3 is 2.89 bits per heavy atom. The van der Waals surface area contributed by atoms with E-state index >= 15 is 0 Å². The Bertz CT molecular complexity index is 496. The normalized spacial score (nSPS) is 12.2. The quantitative estimate of drug-likeness (QED) is 0.865. The highest BCUT2D eigenvalue weighted by molar-refractivity contribution is 5.40. The van der Waals surface area contributed by atoms with Crippen molar-refractivity contribution < 1.29 is 4.42 Å². The van der Waals surface area contributed by atoms with E-state index < -0.39 is 0 Å². The number of nitrogens with one attached hydrogen (secondary N) is 1. The second-order valence-electron chi connectivity index (χ2n) is 4.80. The number of hydrogen-bond donors (Lipinski definition) is 1. The van der Waals surface area contributed by atoms with Crippen LogP contribution in [0, 0.1) is 0 Å². The van der Waals surface area contributed by atoms with Crippen molar-refractivity contribution in [3.8, 4) is 0 Å². The molecule has 0 bridgehead atoms. The summed E-state index contributed by atoms with van der Waals surface area (Å²) in [5.41, 5.74) is 0. The first-order chi connectivity index (χ1) is 9.15. The van der Waals surface area contributed by atoms with Gasteiger partial charge in [-0.3, -0.25) is 0 Å². The molecule has 0 aliphatic heterocycles. The van der Waals surface area contributed by atoms with Gasteiger partial charge in [0.05, 0.1) is 6.26 Å². The fraction of sp³-hybridized carbons (Fsp3) is 0.429. The molecule has 0 radical (unpaired) electrons. The molecule has 0 fully saturated rings. The summed E-state index contributed by atoms with van der Waals surface area (Å²) >= 11 is 0. The van der Waals surface area contributed by atoms with Gasteiger partial charge in [0.2, 0.25) is 5.95 Å². The second kappa shape index (κ2) is 6.22. The van der Waals surface area contributed by atoms with Crippen LogP contribution in [-0.2, 0) is 6.42 Å². The third-order valence-electron chi connectivity index (χ3n) is 2.84. The van der Waals surface area contributed by atoms with E-state index in [2.05, 4.69) is 22.2 Å². The Labute approximate surface area is 113 Å². The molecule has 0 aliphatic carbocycles. The number of aryl methyl sites for hydroxylation is 1. The zero-order chi connectivity index (χ0) is 13.7. The number of furan rings is 1. The van der Waals surface area contributed by atoms with Crippen LogP contribution < -0.4 is 10.2 Å². The van der Waals surface area contributed by atoms with Crippen LogP contribution in [0.1, 0.15) is 19.1 Å². The smallest absolute Gasteiger partial charge is 0.226 e. The van der Waals surface area contributed by atoms with E-state index in [-0.39, 0.29) is 0 Å². The number of aromatic nitrogens is 2. The molecule has 5 nitrogen and oxygen atoms in total. The Hall–Kier alpha value is -2.04. The summed E-state index contributed by atoms with van der Waals surface area (Å²) in [4.78, 5) is 10.5. The molecule has 0 aliphatic rings. The zero-order valence-electron chi connectivity index (χ0n) is 11.6. The minimum Gasteiger partial charge on any atom is -0.469 e. The standard InChI is InChI=1S/C14H20N4O/c1-11(6-7-12-5-4-10-19-12)16-13-8-9-15-14(17-13)18(2)3/h4-5,8-11H,6-7H2,1-3H3,(H,15,16,17). The van der Waals surface area contributed by atoms with E-state index in [4.69, 9.17) is 4.42 Å². The van der Waals surface area contributed by atoms with Crippen LogP contribution in [0.4, 0.5) is 11.8 Å². The molecule has 102 valence electrons. The minimum absolute atomic E-state index is 0.329. The van der Waals surface area contributed by atoms with Gasteiger partial charge in [-0.2, -0.15) is 4.98 Å². The van der Waals surface area contributed by atoms with Crippen LogP contribution in [0.3, 0.4) is 0 Å². The van der Waals surface area contributed by atoms with Crippen LogP contribution in [0.2, 0.25) is 0 Å². The lowest BCUT2D eigenvalue weighted by molar-refractivity contribution is 0.495. The molecule has 2 heterocycles. The summed E-state index contributed by atoms with van der Waals surface area (Å²) < 4.78 is 5.32. The van der Waals surface area contributed by atoms with Gasteiger partial charge in [-0.05, 0) is 31.5 Å². The maximum Gasteiger partial charge on any atom is 0.226 e. The van der Waals surface area contributed by atoms with Crippen molar-refractivity contribution in [1.29, 1.82) is 0 Å². The first kappa shape index (κ1) is 13.4. The van der Waals surface area contributed by atoms with E-state index in [9.17, 15) is 0 Å². The Morgan fingerprint density at radius 2 is 2.21 bits per heavy atom. The van der Waals surface area contributed by atoms with Crippen molar-refractivity contribution in [3.63, 3.8) is 0 Å². The van der Waals surface area contributed by atoms with E-state index in [0.29, 0.717) is 12.0 Å². The summed E-state index contributed by atoms with van der Waals surface area (Å²) in [5.74, 6) is 2.58. The molecule has 0 saturated heterocycles. The van der Waals surface area contributed by atoms with Gasteiger partial charge in [-0.15, -0.1) is 0 Å². The van der Waals surface area contributed by atoms with Crippen LogP contribution in [0.5, 0.6) is 0 Å². The highest BCUT2D eigenvalue weighted by Gasteiger charge is 2.06. The molecule has 0 saturated carbocycles. The second-order valence-corrected chi connectivity index (χ2v) is 4.80. The molecule has 1 atom stereocenters. The van der Waals surface area contributed by atoms with E-state index in [1.54, 1.807) is 12.5 Å². The minimum atomic E-state index is 0.329. The summed E-state index contributed by atoms with van der Waals surface area (Å²) in [6, 6.07) is 6.13. The van der Waals surface area contributed by atoms with Gasteiger partial charge >= 0.3 is 0 Å². The Balaban J connectivity index is 1.87. The molecule has 1 unspecified atom stereocenters. The average Bonchev–Trinajstić information content (AvgIpc) is 2.90. The Morgan fingerprint density at radius 1 is 1.37 bits per heavy atom. The summed E-state index contributed by atoms with van der Waals surface area (Å²) in [6.07, 6.45) is 5.40. The summed E-state index contributed by atoms with van der Waals surface area (Å²) in [6.45, 7) is 2.14. The number of rotatable bonds is 6. The van der Waals surface area contributed by atoms with Crippen molar-refractivity contribution >= 4 is 11.8 Å². The van der Waals surface area contributed by atoms with Crippen molar-refractivity contribution in [2.24, 2.45) is 0 Å². The fourth-order valence-electron chi connectivity index (χ4n) is 1.78. The lowest BCUT2D eigenvalue weighted by Crippen LogP contribution is -2.19. The third kappa shape index (κ3) is 3.98. The molecular weight excluding hydrogens is 240 g/mol. The molecule has 0 spiro atoms. The summed E-state index contributed by atoms with van der Waals surface area (Å²) in [5, 5.41) is 3.38. The summed E-state index contributed by atoms with van der Waals surface area (Å²) in [7, 11) is 3.86. The van der Waals surface area contributed by atoms with E-state index in [1.165, 1.54) is 0 Å². The zero-order valence-corrected chi connectivity index (χ0v) is 11.6. The largest absolute Gasteiger partial charge is 0.469 e. The molecule has 19 heavy (non-hydrogen) atoms. The molecule has 0 amide bonds. The first-order valence-electron chi connectivity index (χ1n) is 6.44. The van der Waals surface area contributed by atoms with E-state index in [0.717, 1.165) is 24.4 Å². The van der Waals surface area contributed by atoms with Gasteiger partial charge in [-0.25, -0.2) is 4.98 Å². The van der Waals surface area contributed by atoms with Crippen LogP contribution in [-0.4, -0.2) is 30.1 Å². The van der Waals surface area contributed by atoms with Crippen molar-refractivity contribution in [1.82, 2.24) is 9.97 Å². The highest BCUT2D eigenvalue weighted by Crippen LogP contribution is 2.12. The predicted octanol–water partition coefficient (Wildman–Crippen LogP) is 2.57. The number of hydrogen-bond acceptors (Lipinski definition) is 5. The molecule has 2 aromatic rings. The monoisotopic (exact) mass is 260 g/mol. The van der Waals surface area contributed by atoms with Gasteiger partial charge in [0.1, 0.15) is 11.6 Å². The molecule has 5 heteroatoms. The first-order valence-corrected chi connectivity index (χ1v) is 6.44. The van der Waals surface area contributed by atoms with Crippen LogP contribution >= 0.6 is 0 Å². The van der Waals surface area contributed by atoms with E-state index in [1.807, 2.05) is 37.2 Å². The van der Waals surface area contributed by atoms with Crippen molar-refractivity contribution in [2.75, 3.05) is 24.3 Å². The molecule has 2 rings (SSSR count). The number of nitrogens with zero attached hydrogens (tertiary/aromatic N) is 3.